The molecule has 0 unspecified atom stereocenters. The summed E-state index contributed by atoms with van der Waals surface area (Å²) in [6.07, 6.45) is 2.80. The van der Waals surface area contributed by atoms with Gasteiger partial charge in [-0.15, -0.1) is 0 Å². The minimum Gasteiger partial charge on any atom is -0.479 e. The highest BCUT2D eigenvalue weighted by Crippen LogP contribution is 2.24. The lowest BCUT2D eigenvalue weighted by Crippen LogP contribution is -2.00. The zero-order chi connectivity index (χ0) is 15.4. The van der Waals surface area contributed by atoms with E-state index in [0.29, 0.717) is 11.6 Å². The molecule has 0 bridgehead atoms. The predicted molar refractivity (Wildman–Crippen MR) is 77.2 cm³/mol. The number of nitro groups is 1. The molecule has 0 aliphatic heterocycles. The standard InChI is InChI=1S/C15H11N3O4/c19-18(20)14-13(7-4-8-16-14)21-9-12-10-22-15(17-12)11-5-2-1-3-6-11/h1-8,10H,9H2. The lowest BCUT2D eigenvalue weighted by molar-refractivity contribution is -0.390. The van der Waals surface area contributed by atoms with E-state index in [1.54, 1.807) is 6.07 Å². The van der Waals surface area contributed by atoms with Crippen LogP contribution in [0.5, 0.6) is 5.75 Å². The predicted octanol–water partition coefficient (Wildman–Crippen LogP) is 3.22. The van der Waals surface area contributed by atoms with E-state index in [0.717, 1.165) is 5.56 Å². The summed E-state index contributed by atoms with van der Waals surface area (Å²) in [6.45, 7) is 0.0584. The minimum atomic E-state index is -0.590. The Bertz CT molecular complexity index is 786. The SMILES string of the molecule is O=[N+]([O-])c1ncccc1OCc1coc(-c2ccccc2)n1. The summed E-state index contributed by atoms with van der Waals surface area (Å²) in [5.41, 5.74) is 1.39. The Kier molecular flexibility index (Phi) is 3.78. The first-order chi connectivity index (χ1) is 10.7. The summed E-state index contributed by atoms with van der Waals surface area (Å²) in [7, 11) is 0. The van der Waals surface area contributed by atoms with Crippen LogP contribution in [0.25, 0.3) is 11.5 Å². The minimum absolute atomic E-state index is 0.0584. The number of ether oxygens (including phenoxy) is 1. The summed E-state index contributed by atoms with van der Waals surface area (Å²) in [6, 6.07) is 12.5. The van der Waals surface area contributed by atoms with E-state index >= 15 is 0 Å². The topological polar surface area (TPSA) is 91.3 Å². The molecule has 0 N–H and O–H groups in total. The van der Waals surface area contributed by atoms with Gasteiger partial charge in [0.25, 0.3) is 0 Å². The molecule has 1 aromatic carbocycles. The van der Waals surface area contributed by atoms with Crippen molar-refractivity contribution < 1.29 is 14.1 Å². The zero-order valence-corrected chi connectivity index (χ0v) is 11.4. The van der Waals surface area contributed by atoms with Crippen molar-refractivity contribution in [2.24, 2.45) is 0 Å². The fraction of sp³-hybridized carbons (Fsp3) is 0.0667. The Morgan fingerprint density at radius 1 is 1.18 bits per heavy atom. The second-order valence-electron chi connectivity index (χ2n) is 4.38. The van der Waals surface area contributed by atoms with Crippen LogP contribution in [0, 0.1) is 10.1 Å². The summed E-state index contributed by atoms with van der Waals surface area (Å²) < 4.78 is 10.8. The van der Waals surface area contributed by atoms with E-state index in [4.69, 9.17) is 9.15 Å². The van der Waals surface area contributed by atoms with Crippen molar-refractivity contribution in [3.63, 3.8) is 0 Å². The summed E-state index contributed by atoms with van der Waals surface area (Å²) in [5, 5.41) is 10.9. The molecule has 0 atom stereocenters. The average molecular weight is 297 g/mol. The molecule has 110 valence electrons. The maximum Gasteiger partial charge on any atom is 0.406 e. The van der Waals surface area contributed by atoms with Gasteiger partial charge in [0, 0.05) is 5.56 Å². The van der Waals surface area contributed by atoms with Crippen molar-refractivity contribution in [2.45, 2.75) is 6.61 Å². The van der Waals surface area contributed by atoms with Gasteiger partial charge < -0.3 is 19.3 Å². The van der Waals surface area contributed by atoms with Crippen molar-refractivity contribution in [1.29, 1.82) is 0 Å². The Morgan fingerprint density at radius 3 is 2.77 bits per heavy atom. The molecule has 2 aromatic heterocycles. The molecule has 7 heteroatoms. The average Bonchev–Trinajstić information content (AvgIpc) is 3.03. The van der Waals surface area contributed by atoms with Gasteiger partial charge in [-0.25, -0.2) is 4.98 Å². The molecular formula is C15H11N3O4. The Morgan fingerprint density at radius 2 is 2.00 bits per heavy atom. The number of pyridine rings is 1. The lowest BCUT2D eigenvalue weighted by Gasteiger charge is -2.03. The maximum atomic E-state index is 10.9. The van der Waals surface area contributed by atoms with Crippen molar-refractivity contribution in [3.05, 3.63) is 70.7 Å². The van der Waals surface area contributed by atoms with Crippen LogP contribution in [0.4, 0.5) is 5.82 Å². The van der Waals surface area contributed by atoms with Gasteiger partial charge in [-0.1, -0.05) is 18.2 Å². The van der Waals surface area contributed by atoms with Crippen LogP contribution < -0.4 is 4.74 Å². The zero-order valence-electron chi connectivity index (χ0n) is 11.4. The number of benzene rings is 1. The van der Waals surface area contributed by atoms with Crippen LogP contribution in [0.3, 0.4) is 0 Å². The summed E-state index contributed by atoms with van der Waals surface area (Å²) in [4.78, 5) is 18.2. The number of hydrogen-bond donors (Lipinski definition) is 0. The maximum absolute atomic E-state index is 10.9. The molecular weight excluding hydrogens is 286 g/mol. The van der Waals surface area contributed by atoms with Crippen molar-refractivity contribution >= 4 is 5.82 Å². The Balaban J connectivity index is 1.73. The van der Waals surface area contributed by atoms with Crippen molar-refractivity contribution in [1.82, 2.24) is 9.97 Å². The van der Waals surface area contributed by atoms with Crippen LogP contribution in [0.2, 0.25) is 0 Å². The quantitative estimate of drug-likeness (QED) is 0.530. The molecule has 7 nitrogen and oxygen atoms in total. The van der Waals surface area contributed by atoms with Crippen LogP contribution in [-0.2, 0) is 6.61 Å². The van der Waals surface area contributed by atoms with Gasteiger partial charge in [-0.3, -0.25) is 0 Å². The van der Waals surface area contributed by atoms with Gasteiger partial charge in [0.1, 0.15) is 24.8 Å². The molecule has 0 saturated heterocycles. The normalized spacial score (nSPS) is 10.4. The van der Waals surface area contributed by atoms with Crippen LogP contribution in [-0.4, -0.2) is 14.9 Å². The fourth-order valence-electron chi connectivity index (χ4n) is 1.87. The van der Waals surface area contributed by atoms with Gasteiger partial charge in [-0.2, -0.15) is 0 Å². The highest BCUT2D eigenvalue weighted by molar-refractivity contribution is 5.52. The smallest absolute Gasteiger partial charge is 0.406 e. The number of oxazole rings is 1. The molecule has 22 heavy (non-hydrogen) atoms. The number of nitrogens with zero attached hydrogens (tertiary/aromatic N) is 3. The molecule has 0 saturated carbocycles. The van der Waals surface area contributed by atoms with E-state index in [1.807, 2.05) is 30.3 Å². The fourth-order valence-corrected chi connectivity index (χ4v) is 1.87. The van der Waals surface area contributed by atoms with E-state index in [-0.39, 0.29) is 18.2 Å². The van der Waals surface area contributed by atoms with Gasteiger partial charge in [0.05, 0.1) is 0 Å². The number of aromatic nitrogens is 2. The van der Waals surface area contributed by atoms with E-state index in [2.05, 4.69) is 9.97 Å². The highest BCUT2D eigenvalue weighted by Gasteiger charge is 2.16. The monoisotopic (exact) mass is 297 g/mol. The third-order valence-electron chi connectivity index (χ3n) is 2.87. The molecule has 0 aliphatic carbocycles. The van der Waals surface area contributed by atoms with Gasteiger partial charge in [0.15, 0.2) is 0 Å². The van der Waals surface area contributed by atoms with Crippen LogP contribution in [0.15, 0.2) is 59.3 Å². The Hall–Kier alpha value is -3.22. The second-order valence-corrected chi connectivity index (χ2v) is 4.38. The van der Waals surface area contributed by atoms with Gasteiger partial charge >= 0.3 is 5.82 Å². The second kappa shape index (κ2) is 6.04. The molecule has 2 heterocycles. The Labute approximate surface area is 125 Å². The summed E-state index contributed by atoms with van der Waals surface area (Å²) >= 11 is 0. The molecule has 0 radical (unpaired) electrons. The van der Waals surface area contributed by atoms with Crippen molar-refractivity contribution in [2.75, 3.05) is 0 Å². The third-order valence-corrected chi connectivity index (χ3v) is 2.87. The highest BCUT2D eigenvalue weighted by atomic mass is 16.6. The van der Waals surface area contributed by atoms with Gasteiger partial charge in [-0.05, 0) is 34.2 Å². The number of hydrogen-bond acceptors (Lipinski definition) is 6. The van der Waals surface area contributed by atoms with Gasteiger partial charge in [0.2, 0.25) is 11.6 Å². The first kappa shape index (κ1) is 13.7. The largest absolute Gasteiger partial charge is 0.479 e. The number of rotatable bonds is 5. The van der Waals surface area contributed by atoms with Crippen molar-refractivity contribution in [3.8, 4) is 17.2 Å². The van der Waals surface area contributed by atoms with E-state index in [1.165, 1.54) is 18.5 Å². The van der Waals surface area contributed by atoms with Crippen LogP contribution in [0.1, 0.15) is 5.69 Å². The molecule has 3 aromatic rings. The molecule has 0 fully saturated rings. The first-order valence-corrected chi connectivity index (χ1v) is 6.46. The summed E-state index contributed by atoms with van der Waals surface area (Å²) in [5.74, 6) is 0.242. The third kappa shape index (κ3) is 2.93. The molecule has 0 amide bonds. The van der Waals surface area contributed by atoms with Crippen LogP contribution >= 0.6 is 0 Å². The molecule has 3 rings (SSSR count). The lowest BCUT2D eigenvalue weighted by atomic mass is 10.2. The van der Waals surface area contributed by atoms with E-state index in [9.17, 15) is 10.1 Å². The molecule has 0 aliphatic rings. The first-order valence-electron chi connectivity index (χ1n) is 6.46. The molecule has 0 spiro atoms. The van der Waals surface area contributed by atoms with E-state index < -0.39 is 4.92 Å².